The van der Waals surface area contributed by atoms with Gasteiger partial charge in [0, 0.05) is 0 Å². The lowest BCUT2D eigenvalue weighted by Crippen LogP contribution is -1.82. The molecule has 2 radical (unpaired) electrons. The third-order valence-corrected chi connectivity index (χ3v) is 2.36. The second-order valence-electron chi connectivity index (χ2n) is 3.24. The predicted molar refractivity (Wildman–Crippen MR) is 54.7 cm³/mol. The van der Waals surface area contributed by atoms with Gasteiger partial charge in [-0.15, -0.1) is 0 Å². The number of unbranched alkanes of at least 4 members (excludes halogenated alkanes) is 7. The van der Waals surface area contributed by atoms with Crippen LogP contribution >= 0.6 is 9.24 Å². The Kier molecular flexibility index (Phi) is 11.7. The fraction of sp³-hybridized carbons (Fsp3) is 1.00. The van der Waals surface area contributed by atoms with Gasteiger partial charge in [-0.3, -0.25) is 4.39 Å². The minimum atomic E-state index is -0.139. The normalized spacial score (nSPS) is 10.5. The van der Waals surface area contributed by atoms with Crippen LogP contribution in [0.25, 0.3) is 0 Å². The molecule has 0 aromatic carbocycles. The third kappa shape index (κ3) is 10.4. The lowest BCUT2D eigenvalue weighted by Gasteiger charge is -1.99. The van der Waals surface area contributed by atoms with E-state index in [4.69, 9.17) is 0 Å². The lowest BCUT2D eigenvalue weighted by molar-refractivity contribution is 0.449. The topological polar surface area (TPSA) is 0 Å². The van der Waals surface area contributed by atoms with Crippen molar-refractivity contribution in [3.05, 3.63) is 0 Å². The van der Waals surface area contributed by atoms with Gasteiger partial charge < -0.3 is 0 Å². The Hall–Kier alpha value is 0.360. The van der Waals surface area contributed by atoms with E-state index in [1.54, 1.807) is 0 Å². The zero-order valence-corrected chi connectivity index (χ0v) is 8.79. The summed E-state index contributed by atoms with van der Waals surface area (Å²) in [5, 5.41) is 0. The summed E-state index contributed by atoms with van der Waals surface area (Å²) in [6.45, 7) is -0.139. The van der Waals surface area contributed by atoms with Gasteiger partial charge in [-0.05, 0) is 28.2 Å². The summed E-state index contributed by atoms with van der Waals surface area (Å²) in [6.07, 6.45) is 10.6. The molecule has 72 valence electrons. The standard InChI is InChI=1S/C10H20FP/c11-9-7-5-3-1-2-4-6-8-10-12/h1-10H2. The molecule has 0 N–H and O–H groups in total. The first-order valence-corrected chi connectivity index (χ1v) is 5.72. The van der Waals surface area contributed by atoms with Crippen molar-refractivity contribution < 1.29 is 4.39 Å². The van der Waals surface area contributed by atoms with Crippen molar-refractivity contribution in [1.82, 2.24) is 0 Å². The maximum Gasteiger partial charge on any atom is 0.0894 e. The molecule has 0 amide bonds. The molecule has 0 saturated heterocycles. The molecule has 0 fully saturated rings. The van der Waals surface area contributed by atoms with Crippen LogP contribution in [0, 0.1) is 0 Å². The highest BCUT2D eigenvalue weighted by Crippen LogP contribution is 2.09. The van der Waals surface area contributed by atoms with Crippen molar-refractivity contribution in [3.63, 3.8) is 0 Å². The predicted octanol–water partition coefficient (Wildman–Crippen LogP) is 4.49. The Labute approximate surface area is 78.5 Å². The molecular formula is C10H20FP. The Bertz CT molecular complexity index is 66.2. The molecule has 0 rings (SSSR count). The molecule has 2 heteroatoms. The van der Waals surface area contributed by atoms with Gasteiger partial charge in [0.1, 0.15) is 0 Å². The van der Waals surface area contributed by atoms with Crippen LogP contribution in [0.5, 0.6) is 0 Å². The SMILES string of the molecule is FCCCCCCCCCC[P]. The second-order valence-corrected chi connectivity index (χ2v) is 3.69. The van der Waals surface area contributed by atoms with E-state index in [2.05, 4.69) is 9.24 Å². The summed E-state index contributed by atoms with van der Waals surface area (Å²) < 4.78 is 11.7. The number of alkyl halides is 1. The number of rotatable bonds is 9. The van der Waals surface area contributed by atoms with E-state index >= 15 is 0 Å². The number of hydrogen-bond donors (Lipinski definition) is 0. The quantitative estimate of drug-likeness (QED) is 0.371. The molecule has 0 aromatic heterocycles. The van der Waals surface area contributed by atoms with Crippen LogP contribution < -0.4 is 0 Å². The van der Waals surface area contributed by atoms with Crippen LogP contribution in [-0.4, -0.2) is 12.8 Å². The van der Waals surface area contributed by atoms with Crippen LogP contribution in [-0.2, 0) is 0 Å². The van der Waals surface area contributed by atoms with Crippen LogP contribution in [0.2, 0.25) is 0 Å². The Morgan fingerprint density at radius 3 is 1.50 bits per heavy atom. The summed E-state index contributed by atoms with van der Waals surface area (Å²) in [5.41, 5.74) is 0. The molecule has 0 aliphatic carbocycles. The molecule has 12 heavy (non-hydrogen) atoms. The van der Waals surface area contributed by atoms with Gasteiger partial charge in [-0.25, -0.2) is 0 Å². The van der Waals surface area contributed by atoms with E-state index in [0.717, 1.165) is 19.0 Å². The van der Waals surface area contributed by atoms with Crippen molar-refractivity contribution in [1.29, 1.82) is 0 Å². The molecule has 0 saturated carbocycles. The van der Waals surface area contributed by atoms with Gasteiger partial charge >= 0.3 is 0 Å². The van der Waals surface area contributed by atoms with Crippen LogP contribution in [0.4, 0.5) is 4.39 Å². The fourth-order valence-electron chi connectivity index (χ4n) is 1.27. The van der Waals surface area contributed by atoms with Crippen molar-refractivity contribution in [2.45, 2.75) is 51.4 Å². The third-order valence-electron chi connectivity index (χ3n) is 2.04. The molecule has 0 aliphatic heterocycles. The van der Waals surface area contributed by atoms with E-state index in [1.807, 2.05) is 0 Å². The van der Waals surface area contributed by atoms with Gasteiger partial charge in [-0.2, -0.15) is 0 Å². The first-order valence-electron chi connectivity index (χ1n) is 5.08. The Balaban J connectivity index is 2.73. The maximum atomic E-state index is 11.7. The highest BCUT2D eigenvalue weighted by atomic mass is 31.0. The van der Waals surface area contributed by atoms with Crippen LogP contribution in [0.1, 0.15) is 51.4 Å². The van der Waals surface area contributed by atoms with Gasteiger partial charge in [0.15, 0.2) is 0 Å². The van der Waals surface area contributed by atoms with Crippen molar-refractivity contribution in [2.24, 2.45) is 0 Å². The van der Waals surface area contributed by atoms with Crippen LogP contribution in [0.15, 0.2) is 0 Å². The first-order chi connectivity index (χ1) is 5.91. The molecule has 0 nitrogen and oxygen atoms in total. The fourth-order valence-corrected chi connectivity index (χ4v) is 1.49. The molecule has 0 unspecified atom stereocenters. The van der Waals surface area contributed by atoms with Crippen LogP contribution in [0.3, 0.4) is 0 Å². The highest BCUT2D eigenvalue weighted by Gasteiger charge is 1.90. The largest absolute Gasteiger partial charge is 0.251 e. The summed E-state index contributed by atoms with van der Waals surface area (Å²) in [7, 11) is 4.15. The lowest BCUT2D eigenvalue weighted by atomic mass is 10.1. The van der Waals surface area contributed by atoms with Crippen molar-refractivity contribution in [3.8, 4) is 0 Å². The number of hydrogen-bond acceptors (Lipinski definition) is 0. The average Bonchev–Trinajstić information content (AvgIpc) is 2.10. The zero-order chi connectivity index (χ0) is 9.07. The molecule has 0 aliphatic rings. The van der Waals surface area contributed by atoms with E-state index < -0.39 is 0 Å². The average molecular weight is 190 g/mol. The minimum Gasteiger partial charge on any atom is -0.251 e. The van der Waals surface area contributed by atoms with Gasteiger partial charge in [-0.1, -0.05) is 38.5 Å². The molecular weight excluding hydrogens is 170 g/mol. The smallest absolute Gasteiger partial charge is 0.0894 e. The first kappa shape index (κ1) is 12.4. The van der Waals surface area contributed by atoms with Gasteiger partial charge in [0.2, 0.25) is 0 Å². The Morgan fingerprint density at radius 1 is 0.667 bits per heavy atom. The van der Waals surface area contributed by atoms with E-state index in [-0.39, 0.29) is 6.67 Å². The maximum absolute atomic E-state index is 11.7. The second kappa shape index (κ2) is 11.4. The number of halogens is 1. The van der Waals surface area contributed by atoms with Crippen molar-refractivity contribution in [2.75, 3.05) is 12.8 Å². The van der Waals surface area contributed by atoms with Gasteiger partial charge in [0.25, 0.3) is 0 Å². The highest BCUT2D eigenvalue weighted by molar-refractivity contribution is 7.16. The van der Waals surface area contributed by atoms with E-state index in [9.17, 15) is 4.39 Å². The zero-order valence-electron chi connectivity index (χ0n) is 7.90. The molecule has 0 atom stereocenters. The monoisotopic (exact) mass is 190 g/mol. The molecule has 0 spiro atoms. The molecule has 0 aromatic rings. The summed E-state index contributed by atoms with van der Waals surface area (Å²) >= 11 is 0. The van der Waals surface area contributed by atoms with Crippen molar-refractivity contribution >= 4 is 9.24 Å². The summed E-state index contributed by atoms with van der Waals surface area (Å²) in [6, 6.07) is 0. The Morgan fingerprint density at radius 2 is 1.08 bits per heavy atom. The molecule has 0 bridgehead atoms. The van der Waals surface area contributed by atoms with E-state index in [1.165, 1.54) is 38.5 Å². The summed E-state index contributed by atoms with van der Waals surface area (Å²) in [5.74, 6) is 0. The van der Waals surface area contributed by atoms with E-state index in [0.29, 0.717) is 0 Å². The summed E-state index contributed by atoms with van der Waals surface area (Å²) in [4.78, 5) is 0. The molecule has 0 heterocycles. The van der Waals surface area contributed by atoms with Gasteiger partial charge in [0.05, 0.1) is 6.67 Å². The minimum absolute atomic E-state index is 0.139.